The second-order valence-corrected chi connectivity index (χ2v) is 4.89. The molecule has 0 radical (unpaired) electrons. The van der Waals surface area contributed by atoms with Gasteiger partial charge >= 0.3 is 0 Å². The molecule has 0 heterocycles. The number of hydrogen-bond donors (Lipinski definition) is 0. The van der Waals surface area contributed by atoms with Gasteiger partial charge < -0.3 is 9.64 Å². The fourth-order valence-corrected chi connectivity index (χ4v) is 2.41. The van der Waals surface area contributed by atoms with E-state index in [2.05, 4.69) is 0 Å². The van der Waals surface area contributed by atoms with Crippen LogP contribution in [0.4, 0.5) is 4.39 Å². The van der Waals surface area contributed by atoms with Gasteiger partial charge in [0.25, 0.3) is 5.91 Å². The summed E-state index contributed by atoms with van der Waals surface area (Å²) in [7, 11) is 1.38. The van der Waals surface area contributed by atoms with Gasteiger partial charge in [0, 0.05) is 24.0 Å². The molecule has 1 aromatic carbocycles. The fraction of sp³-hybridized carbons (Fsp3) is 0.533. The van der Waals surface area contributed by atoms with Crippen LogP contribution in [0, 0.1) is 5.82 Å². The van der Waals surface area contributed by atoms with Gasteiger partial charge in [-0.1, -0.05) is 13.8 Å². The topological polar surface area (TPSA) is 29.5 Å². The molecule has 0 saturated heterocycles. The quantitative estimate of drug-likeness (QED) is 0.719. The molecule has 20 heavy (non-hydrogen) atoms. The summed E-state index contributed by atoms with van der Waals surface area (Å²) < 4.78 is 18.3. The summed E-state index contributed by atoms with van der Waals surface area (Å²) in [6.45, 7) is 4.55. The van der Waals surface area contributed by atoms with Crippen molar-refractivity contribution in [3.63, 3.8) is 0 Å². The number of rotatable bonds is 7. The molecule has 5 heteroatoms. The van der Waals surface area contributed by atoms with Gasteiger partial charge in [0.15, 0.2) is 11.6 Å². The summed E-state index contributed by atoms with van der Waals surface area (Å²) in [5.41, 5.74) is 0.417. The zero-order valence-electron chi connectivity index (χ0n) is 12.2. The van der Waals surface area contributed by atoms with E-state index in [0.717, 1.165) is 12.8 Å². The molecule has 0 aromatic heterocycles. The van der Waals surface area contributed by atoms with Crippen molar-refractivity contribution in [2.75, 3.05) is 19.5 Å². The summed E-state index contributed by atoms with van der Waals surface area (Å²) in [4.78, 5) is 14.3. The Bertz CT molecular complexity index is 449. The molecule has 3 nitrogen and oxygen atoms in total. The highest BCUT2D eigenvalue weighted by molar-refractivity contribution is 6.18. The molecule has 0 fully saturated rings. The van der Waals surface area contributed by atoms with Crippen LogP contribution in [0.3, 0.4) is 0 Å². The lowest BCUT2D eigenvalue weighted by Gasteiger charge is -2.30. The number of nitrogens with zero attached hydrogens (tertiary/aromatic N) is 1. The van der Waals surface area contributed by atoms with Crippen LogP contribution in [-0.2, 0) is 0 Å². The molecule has 1 rings (SSSR count). The molecule has 0 aliphatic carbocycles. The SMILES string of the molecule is CCC(CC)N(CCCl)C(=O)c1ccc(F)c(OC)c1. The third-order valence-electron chi connectivity index (χ3n) is 3.37. The van der Waals surface area contributed by atoms with E-state index in [4.69, 9.17) is 16.3 Å². The average molecular weight is 302 g/mol. The molecule has 0 saturated carbocycles. The Labute approximate surface area is 124 Å². The predicted octanol–water partition coefficient (Wildman–Crippen LogP) is 3.70. The number of benzene rings is 1. The summed E-state index contributed by atoms with van der Waals surface area (Å²) in [6, 6.07) is 4.29. The maximum Gasteiger partial charge on any atom is 0.254 e. The summed E-state index contributed by atoms with van der Waals surface area (Å²) in [5, 5.41) is 0. The predicted molar refractivity (Wildman–Crippen MR) is 79.1 cm³/mol. The van der Waals surface area contributed by atoms with Crippen LogP contribution < -0.4 is 4.74 Å². The van der Waals surface area contributed by atoms with Crippen molar-refractivity contribution >= 4 is 17.5 Å². The van der Waals surface area contributed by atoms with Crippen LogP contribution in [0.15, 0.2) is 18.2 Å². The average Bonchev–Trinajstić information content (AvgIpc) is 2.47. The van der Waals surface area contributed by atoms with Crippen molar-refractivity contribution in [2.45, 2.75) is 32.7 Å². The highest BCUT2D eigenvalue weighted by Gasteiger charge is 2.22. The largest absolute Gasteiger partial charge is 0.494 e. The van der Waals surface area contributed by atoms with Crippen molar-refractivity contribution in [1.29, 1.82) is 0 Å². The number of ether oxygens (including phenoxy) is 1. The van der Waals surface area contributed by atoms with E-state index in [-0.39, 0.29) is 17.7 Å². The lowest BCUT2D eigenvalue weighted by Crippen LogP contribution is -2.41. The Morgan fingerprint density at radius 3 is 2.55 bits per heavy atom. The Morgan fingerprint density at radius 1 is 1.40 bits per heavy atom. The van der Waals surface area contributed by atoms with Crippen LogP contribution in [0.5, 0.6) is 5.75 Å². The van der Waals surface area contributed by atoms with Gasteiger partial charge in [0.2, 0.25) is 0 Å². The maximum absolute atomic E-state index is 13.4. The third kappa shape index (κ3) is 3.85. The van der Waals surface area contributed by atoms with Gasteiger partial charge in [0.05, 0.1) is 7.11 Å². The summed E-state index contributed by atoms with van der Waals surface area (Å²) in [6.07, 6.45) is 1.72. The van der Waals surface area contributed by atoms with E-state index in [0.29, 0.717) is 18.0 Å². The Hall–Kier alpha value is -1.29. The van der Waals surface area contributed by atoms with E-state index in [9.17, 15) is 9.18 Å². The standard InChI is InChI=1S/C15H21ClFNO2/c1-4-12(5-2)18(9-8-16)15(19)11-6-7-13(17)14(10-11)20-3/h6-7,10,12H,4-5,8-9H2,1-3H3. The summed E-state index contributed by atoms with van der Waals surface area (Å²) in [5.74, 6) is -0.167. The lowest BCUT2D eigenvalue weighted by molar-refractivity contribution is 0.0681. The minimum absolute atomic E-state index is 0.0752. The first-order chi connectivity index (χ1) is 9.58. The zero-order chi connectivity index (χ0) is 15.1. The number of halogens is 2. The maximum atomic E-state index is 13.4. The fourth-order valence-electron chi connectivity index (χ4n) is 2.23. The molecule has 0 bridgehead atoms. The van der Waals surface area contributed by atoms with Crippen molar-refractivity contribution in [1.82, 2.24) is 4.90 Å². The van der Waals surface area contributed by atoms with Crippen molar-refractivity contribution in [3.05, 3.63) is 29.6 Å². The minimum Gasteiger partial charge on any atom is -0.494 e. The van der Waals surface area contributed by atoms with Crippen LogP contribution in [0.1, 0.15) is 37.0 Å². The molecule has 1 aromatic rings. The highest BCUT2D eigenvalue weighted by atomic mass is 35.5. The van der Waals surface area contributed by atoms with Gasteiger partial charge in [-0.2, -0.15) is 0 Å². The number of amides is 1. The molecule has 112 valence electrons. The van der Waals surface area contributed by atoms with E-state index < -0.39 is 5.82 Å². The lowest BCUT2D eigenvalue weighted by atomic mass is 10.1. The van der Waals surface area contributed by atoms with Crippen LogP contribution in [-0.4, -0.2) is 36.4 Å². The molecule has 0 unspecified atom stereocenters. The van der Waals surface area contributed by atoms with Crippen molar-refractivity contribution in [3.8, 4) is 5.75 Å². The second kappa shape index (κ2) is 8.10. The monoisotopic (exact) mass is 301 g/mol. The number of hydrogen-bond acceptors (Lipinski definition) is 2. The van der Waals surface area contributed by atoms with Crippen molar-refractivity contribution in [2.24, 2.45) is 0 Å². The van der Waals surface area contributed by atoms with E-state index >= 15 is 0 Å². The number of carbonyl (C=O) groups is 1. The number of carbonyl (C=O) groups excluding carboxylic acids is 1. The Balaban J connectivity index is 3.05. The highest BCUT2D eigenvalue weighted by Crippen LogP contribution is 2.21. The zero-order valence-corrected chi connectivity index (χ0v) is 12.9. The van der Waals surface area contributed by atoms with Gasteiger partial charge in [-0.3, -0.25) is 4.79 Å². The van der Waals surface area contributed by atoms with Gasteiger partial charge in [-0.25, -0.2) is 4.39 Å². The molecule has 0 aliphatic heterocycles. The first-order valence-electron chi connectivity index (χ1n) is 6.79. The third-order valence-corrected chi connectivity index (χ3v) is 3.54. The molecule has 0 aliphatic rings. The second-order valence-electron chi connectivity index (χ2n) is 4.51. The molecular formula is C15H21ClFNO2. The van der Waals surface area contributed by atoms with Crippen LogP contribution in [0.25, 0.3) is 0 Å². The molecule has 1 amide bonds. The van der Waals surface area contributed by atoms with E-state index in [1.807, 2.05) is 13.8 Å². The Kier molecular flexibility index (Phi) is 6.79. The Morgan fingerprint density at radius 2 is 2.05 bits per heavy atom. The first-order valence-corrected chi connectivity index (χ1v) is 7.32. The first kappa shape index (κ1) is 16.8. The van der Waals surface area contributed by atoms with Crippen LogP contribution >= 0.6 is 11.6 Å². The van der Waals surface area contributed by atoms with Gasteiger partial charge in [0.1, 0.15) is 0 Å². The van der Waals surface area contributed by atoms with Crippen molar-refractivity contribution < 1.29 is 13.9 Å². The molecular weight excluding hydrogens is 281 g/mol. The number of alkyl halides is 1. The molecule has 0 spiro atoms. The van der Waals surface area contributed by atoms with E-state index in [1.165, 1.54) is 25.3 Å². The minimum atomic E-state index is -0.476. The van der Waals surface area contributed by atoms with Gasteiger partial charge in [-0.15, -0.1) is 11.6 Å². The normalized spacial score (nSPS) is 10.7. The smallest absolute Gasteiger partial charge is 0.254 e. The molecule has 0 atom stereocenters. The van der Waals surface area contributed by atoms with E-state index in [1.54, 1.807) is 4.90 Å². The van der Waals surface area contributed by atoms with Crippen LogP contribution in [0.2, 0.25) is 0 Å². The number of methoxy groups -OCH3 is 1. The molecule has 0 N–H and O–H groups in total. The summed E-state index contributed by atoms with van der Waals surface area (Å²) >= 11 is 5.79. The van der Waals surface area contributed by atoms with Gasteiger partial charge in [-0.05, 0) is 31.0 Å².